The first-order valence-corrected chi connectivity index (χ1v) is 8.14. The van der Waals surface area contributed by atoms with Crippen molar-refractivity contribution in [2.24, 2.45) is 0 Å². The minimum Gasteiger partial charge on any atom is -0.432 e. The summed E-state index contributed by atoms with van der Waals surface area (Å²) in [6.07, 6.45) is 1.45. The van der Waals surface area contributed by atoms with Gasteiger partial charge in [0, 0.05) is 11.6 Å². The molecule has 2 aromatic carbocycles. The molecule has 1 heterocycles. The summed E-state index contributed by atoms with van der Waals surface area (Å²) in [5.74, 6) is -0.0796. The number of hydrogen-bond acceptors (Lipinski definition) is 4. The number of ether oxygens (including phenoxy) is 1. The molecule has 140 valence electrons. The molecule has 0 spiro atoms. The molecule has 3 N–H and O–H groups in total. The number of aliphatic hydroxyl groups is 1. The second-order valence-corrected chi connectivity index (χ2v) is 5.63. The van der Waals surface area contributed by atoms with Crippen molar-refractivity contribution in [1.29, 1.82) is 0 Å². The van der Waals surface area contributed by atoms with Gasteiger partial charge in [-0.3, -0.25) is 4.98 Å². The molecule has 0 aliphatic rings. The van der Waals surface area contributed by atoms with E-state index >= 15 is 0 Å². The van der Waals surface area contributed by atoms with Gasteiger partial charge in [-0.05, 0) is 29.8 Å². The zero-order valence-corrected chi connectivity index (χ0v) is 14.1. The zero-order chi connectivity index (χ0) is 19.2. The number of carbonyl (C=O) groups is 1. The molecule has 27 heavy (non-hydrogen) atoms. The van der Waals surface area contributed by atoms with Crippen molar-refractivity contribution >= 4 is 22.6 Å². The number of nitrogens with one attached hydrogen (secondary N) is 2. The van der Waals surface area contributed by atoms with Crippen molar-refractivity contribution < 1.29 is 23.4 Å². The van der Waals surface area contributed by atoms with Crippen molar-refractivity contribution in [3.63, 3.8) is 0 Å². The molecule has 0 aliphatic heterocycles. The molecule has 0 fully saturated rings. The number of amides is 2. The summed E-state index contributed by atoms with van der Waals surface area (Å²) in [6, 6.07) is 13.9. The molecule has 0 bridgehead atoms. The average Bonchev–Trinajstić information content (AvgIpc) is 2.68. The molecule has 0 radical (unpaired) electrons. The maximum Gasteiger partial charge on any atom is 0.387 e. The maximum absolute atomic E-state index is 12.5. The molecule has 3 aromatic rings. The van der Waals surface area contributed by atoms with E-state index < -0.39 is 18.7 Å². The van der Waals surface area contributed by atoms with Gasteiger partial charge in [0.05, 0.1) is 18.3 Å². The van der Waals surface area contributed by atoms with Crippen molar-refractivity contribution in [3.8, 4) is 5.75 Å². The quantitative estimate of drug-likeness (QED) is 0.615. The fourth-order valence-corrected chi connectivity index (χ4v) is 2.68. The average molecular weight is 373 g/mol. The van der Waals surface area contributed by atoms with E-state index in [1.54, 1.807) is 36.4 Å². The van der Waals surface area contributed by atoms with Gasteiger partial charge in [0.25, 0.3) is 0 Å². The number of benzene rings is 2. The molecular formula is C19H17F2N3O3. The topological polar surface area (TPSA) is 83.5 Å². The highest BCUT2D eigenvalue weighted by Crippen LogP contribution is 2.31. The Hall–Kier alpha value is -3.26. The smallest absolute Gasteiger partial charge is 0.387 e. The summed E-state index contributed by atoms with van der Waals surface area (Å²) in [5, 5.41) is 15.3. The molecule has 6 nitrogen and oxygen atoms in total. The van der Waals surface area contributed by atoms with E-state index in [0.29, 0.717) is 11.1 Å². The number of urea groups is 1. The standard InChI is InChI=1S/C19H17F2N3O3/c20-18(21)27-16-9-8-14(13-7-4-10-22-17(13)16)23-19(26)24-15(11-25)12-5-2-1-3-6-12/h1-10,15,18,25H,11H2,(H2,23,24,26)/t15-/m1/s1. The van der Waals surface area contributed by atoms with Crippen LogP contribution in [0.15, 0.2) is 60.8 Å². The van der Waals surface area contributed by atoms with Crippen LogP contribution in [0.3, 0.4) is 0 Å². The largest absolute Gasteiger partial charge is 0.432 e. The number of pyridine rings is 1. The maximum atomic E-state index is 12.5. The molecule has 0 unspecified atom stereocenters. The van der Waals surface area contributed by atoms with Crippen LogP contribution in [0, 0.1) is 0 Å². The summed E-state index contributed by atoms with van der Waals surface area (Å²) >= 11 is 0. The summed E-state index contributed by atoms with van der Waals surface area (Å²) in [6.45, 7) is -3.26. The lowest BCUT2D eigenvalue weighted by Crippen LogP contribution is -2.34. The highest BCUT2D eigenvalue weighted by Gasteiger charge is 2.16. The van der Waals surface area contributed by atoms with Crippen LogP contribution in [0.25, 0.3) is 10.9 Å². The van der Waals surface area contributed by atoms with Crippen LogP contribution in [0.2, 0.25) is 0 Å². The molecule has 3 rings (SSSR count). The lowest BCUT2D eigenvalue weighted by atomic mass is 10.1. The van der Waals surface area contributed by atoms with Crippen molar-refractivity contribution in [2.45, 2.75) is 12.7 Å². The van der Waals surface area contributed by atoms with Crippen LogP contribution in [0.4, 0.5) is 19.3 Å². The third-order valence-electron chi connectivity index (χ3n) is 3.89. The number of anilines is 1. The van der Waals surface area contributed by atoms with Crippen LogP contribution in [0.1, 0.15) is 11.6 Å². The molecular weight excluding hydrogens is 356 g/mol. The normalized spacial score (nSPS) is 12.0. The van der Waals surface area contributed by atoms with Crippen LogP contribution >= 0.6 is 0 Å². The van der Waals surface area contributed by atoms with Gasteiger partial charge >= 0.3 is 12.6 Å². The second kappa shape index (κ2) is 8.41. The number of aromatic nitrogens is 1. The number of carbonyl (C=O) groups excluding carboxylic acids is 1. The molecule has 0 saturated carbocycles. The van der Waals surface area contributed by atoms with Crippen molar-refractivity contribution in [2.75, 3.05) is 11.9 Å². The number of aliphatic hydroxyl groups excluding tert-OH is 1. The van der Waals surface area contributed by atoms with Gasteiger partial charge in [0.2, 0.25) is 0 Å². The highest BCUT2D eigenvalue weighted by molar-refractivity contribution is 6.02. The van der Waals surface area contributed by atoms with E-state index in [1.807, 2.05) is 6.07 Å². The van der Waals surface area contributed by atoms with E-state index in [2.05, 4.69) is 20.4 Å². The molecule has 0 saturated heterocycles. The molecule has 0 aliphatic carbocycles. The Morgan fingerprint density at radius 3 is 2.59 bits per heavy atom. The third kappa shape index (κ3) is 4.48. The predicted octanol–water partition coefficient (Wildman–Crippen LogP) is 3.69. The Morgan fingerprint density at radius 1 is 1.11 bits per heavy atom. The zero-order valence-electron chi connectivity index (χ0n) is 14.1. The van der Waals surface area contributed by atoms with E-state index in [-0.39, 0.29) is 17.9 Å². The number of nitrogens with zero attached hydrogens (tertiary/aromatic N) is 1. The molecule has 1 atom stereocenters. The minimum absolute atomic E-state index is 0.0796. The fraction of sp³-hybridized carbons (Fsp3) is 0.158. The Morgan fingerprint density at radius 2 is 1.89 bits per heavy atom. The molecule has 1 aromatic heterocycles. The second-order valence-electron chi connectivity index (χ2n) is 5.63. The van der Waals surface area contributed by atoms with Crippen LogP contribution in [0.5, 0.6) is 5.75 Å². The lowest BCUT2D eigenvalue weighted by molar-refractivity contribution is -0.0489. The van der Waals surface area contributed by atoms with Gasteiger partial charge in [-0.2, -0.15) is 8.78 Å². The third-order valence-corrected chi connectivity index (χ3v) is 3.89. The summed E-state index contributed by atoms with van der Waals surface area (Å²) in [7, 11) is 0. The Labute approximate surface area is 153 Å². The molecule has 8 heteroatoms. The van der Waals surface area contributed by atoms with Crippen LogP contribution < -0.4 is 15.4 Å². The number of fused-ring (bicyclic) bond motifs is 1. The lowest BCUT2D eigenvalue weighted by Gasteiger charge is -2.18. The number of halogens is 2. The van der Waals surface area contributed by atoms with E-state index in [0.717, 1.165) is 5.56 Å². The van der Waals surface area contributed by atoms with Gasteiger partial charge < -0.3 is 20.5 Å². The first kappa shape index (κ1) is 18.5. The summed E-state index contributed by atoms with van der Waals surface area (Å²) in [4.78, 5) is 16.4. The first-order valence-electron chi connectivity index (χ1n) is 8.14. The van der Waals surface area contributed by atoms with Gasteiger partial charge in [0.15, 0.2) is 5.75 Å². The number of alkyl halides is 2. The van der Waals surface area contributed by atoms with Gasteiger partial charge in [-0.15, -0.1) is 0 Å². The number of rotatable bonds is 6. The van der Waals surface area contributed by atoms with Gasteiger partial charge in [-0.1, -0.05) is 30.3 Å². The Kier molecular flexibility index (Phi) is 5.77. The molecule has 2 amide bonds. The first-order chi connectivity index (χ1) is 13.1. The van der Waals surface area contributed by atoms with Gasteiger partial charge in [0.1, 0.15) is 5.52 Å². The monoisotopic (exact) mass is 373 g/mol. The highest BCUT2D eigenvalue weighted by atomic mass is 19.3. The SMILES string of the molecule is O=C(Nc1ccc(OC(F)F)c2ncccc12)N[C@H](CO)c1ccccc1. The van der Waals surface area contributed by atoms with E-state index in [4.69, 9.17) is 0 Å². The van der Waals surface area contributed by atoms with Crippen molar-refractivity contribution in [3.05, 3.63) is 66.4 Å². The Bertz CT molecular complexity index is 922. The Balaban J connectivity index is 1.81. The predicted molar refractivity (Wildman–Crippen MR) is 96.8 cm³/mol. The van der Waals surface area contributed by atoms with Crippen LogP contribution in [-0.2, 0) is 0 Å². The fourth-order valence-electron chi connectivity index (χ4n) is 2.68. The summed E-state index contributed by atoms with van der Waals surface area (Å²) in [5.41, 5.74) is 1.33. The van der Waals surface area contributed by atoms with E-state index in [9.17, 15) is 18.7 Å². The van der Waals surface area contributed by atoms with Gasteiger partial charge in [-0.25, -0.2) is 4.79 Å². The minimum atomic E-state index is -2.98. The van der Waals surface area contributed by atoms with Crippen molar-refractivity contribution in [1.82, 2.24) is 10.3 Å². The number of hydrogen-bond donors (Lipinski definition) is 3. The van der Waals surface area contributed by atoms with E-state index in [1.165, 1.54) is 18.3 Å². The summed E-state index contributed by atoms with van der Waals surface area (Å²) < 4.78 is 29.6. The van der Waals surface area contributed by atoms with Crippen LogP contribution in [-0.4, -0.2) is 29.3 Å².